The van der Waals surface area contributed by atoms with Gasteiger partial charge in [0.05, 0.1) is 31.0 Å². The van der Waals surface area contributed by atoms with Crippen LogP contribution in [0.1, 0.15) is 15.2 Å². The normalized spacial score (nSPS) is 10.9. The molecule has 4 aromatic rings. The Kier molecular flexibility index (Phi) is 6.11. The summed E-state index contributed by atoms with van der Waals surface area (Å²) >= 11 is 2.71. The molecule has 0 radical (unpaired) electrons. The van der Waals surface area contributed by atoms with Crippen molar-refractivity contribution in [1.29, 1.82) is 0 Å². The Balaban J connectivity index is 1.70. The number of thioether (sulfide) groups is 1. The maximum Gasteiger partial charge on any atom is 0.267 e. The lowest BCUT2D eigenvalue weighted by Crippen LogP contribution is -2.21. The second-order valence-corrected chi connectivity index (χ2v) is 8.91. The number of fused-ring (bicyclic) bond motifs is 1. The highest BCUT2D eigenvalue weighted by molar-refractivity contribution is 7.99. The number of para-hydroxylation sites is 1. The van der Waals surface area contributed by atoms with Crippen LogP contribution in [0.2, 0.25) is 0 Å². The van der Waals surface area contributed by atoms with Crippen LogP contribution in [-0.2, 0) is 0 Å². The Morgan fingerprint density at radius 2 is 1.81 bits per heavy atom. The molecule has 2 heterocycles. The molecule has 0 N–H and O–H groups in total. The number of hydrogen-bond acceptors (Lipinski definition) is 7. The van der Waals surface area contributed by atoms with Crippen LogP contribution < -0.4 is 15.0 Å². The summed E-state index contributed by atoms with van der Waals surface area (Å²) in [6.07, 6.45) is 0. The van der Waals surface area contributed by atoms with Gasteiger partial charge in [0, 0.05) is 10.4 Å². The third-order valence-electron chi connectivity index (χ3n) is 4.71. The second-order valence-electron chi connectivity index (χ2n) is 6.73. The summed E-state index contributed by atoms with van der Waals surface area (Å²) < 4.78 is 12.1. The lowest BCUT2D eigenvalue weighted by atomic mass is 10.1. The Bertz CT molecular complexity index is 1310. The van der Waals surface area contributed by atoms with Gasteiger partial charge in [0.1, 0.15) is 4.83 Å². The molecule has 8 heteroatoms. The number of benzene rings is 2. The lowest BCUT2D eigenvalue weighted by molar-refractivity contribution is 0.102. The van der Waals surface area contributed by atoms with Crippen molar-refractivity contribution in [1.82, 2.24) is 9.55 Å². The van der Waals surface area contributed by atoms with Crippen LogP contribution >= 0.6 is 23.1 Å². The number of thiophene rings is 1. The molecule has 31 heavy (non-hydrogen) atoms. The highest BCUT2D eigenvalue weighted by Crippen LogP contribution is 2.29. The molecule has 0 amide bonds. The van der Waals surface area contributed by atoms with Gasteiger partial charge in [0.15, 0.2) is 22.4 Å². The summed E-state index contributed by atoms with van der Waals surface area (Å²) in [5.41, 5.74) is 1.08. The van der Waals surface area contributed by atoms with E-state index in [1.165, 1.54) is 30.2 Å². The van der Waals surface area contributed by atoms with E-state index >= 15 is 0 Å². The fraction of sp³-hybridized carbons (Fsp3) is 0.174. The van der Waals surface area contributed by atoms with Crippen molar-refractivity contribution in [3.63, 3.8) is 0 Å². The number of carbonyl (C=O) groups is 1. The zero-order chi connectivity index (χ0) is 22.0. The predicted molar refractivity (Wildman–Crippen MR) is 125 cm³/mol. The Morgan fingerprint density at radius 3 is 2.52 bits per heavy atom. The van der Waals surface area contributed by atoms with Crippen LogP contribution in [-0.4, -0.2) is 35.3 Å². The zero-order valence-electron chi connectivity index (χ0n) is 17.2. The molecular formula is C23H20N2O4S2. The number of carbonyl (C=O) groups excluding carboxylic acids is 1. The molecule has 0 atom stereocenters. The number of aromatic nitrogens is 2. The van der Waals surface area contributed by atoms with Crippen molar-refractivity contribution in [2.45, 2.75) is 12.1 Å². The SMILES string of the molecule is COc1ccc(C(=O)CSc2nc3sc(C)cc3c(=O)n2-c2ccccc2)cc1OC. The van der Waals surface area contributed by atoms with E-state index in [4.69, 9.17) is 14.5 Å². The minimum atomic E-state index is -0.137. The van der Waals surface area contributed by atoms with E-state index < -0.39 is 0 Å². The van der Waals surface area contributed by atoms with E-state index in [2.05, 4.69) is 0 Å². The van der Waals surface area contributed by atoms with Gasteiger partial charge in [-0.15, -0.1) is 11.3 Å². The molecule has 0 aliphatic rings. The fourth-order valence-corrected chi connectivity index (χ4v) is 5.04. The summed E-state index contributed by atoms with van der Waals surface area (Å²) in [6.45, 7) is 1.95. The number of aryl methyl sites for hydroxylation is 1. The van der Waals surface area contributed by atoms with E-state index in [1.54, 1.807) is 29.9 Å². The van der Waals surface area contributed by atoms with Crippen LogP contribution in [0.25, 0.3) is 15.9 Å². The number of ether oxygens (including phenoxy) is 2. The van der Waals surface area contributed by atoms with Crippen LogP contribution in [0.3, 0.4) is 0 Å². The molecule has 0 aliphatic heterocycles. The predicted octanol–water partition coefficient (Wildman–Crippen LogP) is 4.75. The first-order valence-corrected chi connectivity index (χ1v) is 11.3. The van der Waals surface area contributed by atoms with E-state index in [0.717, 1.165) is 4.88 Å². The molecule has 2 aromatic heterocycles. The molecule has 0 saturated heterocycles. The third-order valence-corrected chi connectivity index (χ3v) is 6.59. The fourth-order valence-electron chi connectivity index (χ4n) is 3.21. The first-order valence-electron chi connectivity index (χ1n) is 9.48. The van der Waals surface area contributed by atoms with Crippen LogP contribution in [0.5, 0.6) is 11.5 Å². The number of nitrogens with zero attached hydrogens (tertiary/aromatic N) is 2. The van der Waals surface area contributed by atoms with Crippen LogP contribution in [0, 0.1) is 6.92 Å². The van der Waals surface area contributed by atoms with Gasteiger partial charge in [-0.25, -0.2) is 4.98 Å². The summed E-state index contributed by atoms with van der Waals surface area (Å²) in [5.74, 6) is 1.09. The zero-order valence-corrected chi connectivity index (χ0v) is 18.9. The molecule has 0 aliphatic carbocycles. The Morgan fingerprint density at radius 1 is 1.06 bits per heavy atom. The monoisotopic (exact) mass is 452 g/mol. The molecule has 0 unspecified atom stereocenters. The Labute approximate surface area is 187 Å². The van der Waals surface area contributed by atoms with Crippen molar-refractivity contribution in [3.8, 4) is 17.2 Å². The van der Waals surface area contributed by atoms with Crippen molar-refractivity contribution >= 4 is 39.1 Å². The average Bonchev–Trinajstić information content (AvgIpc) is 3.18. The molecule has 158 valence electrons. The number of hydrogen-bond donors (Lipinski definition) is 0. The van der Waals surface area contributed by atoms with E-state index in [-0.39, 0.29) is 17.1 Å². The Hall–Kier alpha value is -3.10. The number of ketones is 1. The molecule has 4 rings (SSSR count). The van der Waals surface area contributed by atoms with Gasteiger partial charge in [0.2, 0.25) is 0 Å². The standard InChI is InChI=1S/C23H20N2O4S2/c1-14-11-17-21(31-14)24-23(25(22(17)27)16-7-5-4-6-8-16)30-13-18(26)15-9-10-19(28-2)20(12-15)29-3/h4-12H,13H2,1-3H3. The van der Waals surface area contributed by atoms with Gasteiger partial charge < -0.3 is 9.47 Å². The summed E-state index contributed by atoms with van der Waals surface area (Å²) in [5, 5.41) is 1.07. The van der Waals surface area contributed by atoms with Crippen LogP contribution in [0.4, 0.5) is 0 Å². The van der Waals surface area contributed by atoms with Crippen molar-refractivity contribution < 1.29 is 14.3 Å². The number of rotatable bonds is 7. The minimum Gasteiger partial charge on any atom is -0.493 e. The number of methoxy groups -OCH3 is 2. The molecule has 0 saturated carbocycles. The highest BCUT2D eigenvalue weighted by atomic mass is 32.2. The van der Waals surface area contributed by atoms with Gasteiger partial charge in [0.25, 0.3) is 5.56 Å². The van der Waals surface area contributed by atoms with Crippen molar-refractivity contribution in [2.24, 2.45) is 0 Å². The van der Waals surface area contributed by atoms with Gasteiger partial charge in [-0.2, -0.15) is 0 Å². The summed E-state index contributed by atoms with van der Waals surface area (Å²) in [7, 11) is 3.08. The maximum absolute atomic E-state index is 13.2. The average molecular weight is 453 g/mol. The smallest absolute Gasteiger partial charge is 0.267 e. The molecule has 0 fully saturated rings. The summed E-state index contributed by atoms with van der Waals surface area (Å²) in [4.78, 5) is 32.5. The number of Topliss-reactive ketones (excluding diaryl/α,β-unsaturated/α-hetero) is 1. The molecule has 2 aromatic carbocycles. The highest BCUT2D eigenvalue weighted by Gasteiger charge is 2.17. The maximum atomic E-state index is 13.2. The first-order chi connectivity index (χ1) is 15.0. The van der Waals surface area contributed by atoms with Gasteiger partial charge in [-0.3, -0.25) is 14.2 Å². The molecule has 6 nitrogen and oxygen atoms in total. The van der Waals surface area contributed by atoms with Gasteiger partial charge >= 0.3 is 0 Å². The molecule has 0 spiro atoms. The van der Waals surface area contributed by atoms with Crippen molar-refractivity contribution in [2.75, 3.05) is 20.0 Å². The van der Waals surface area contributed by atoms with Crippen LogP contribution in [0.15, 0.2) is 64.5 Å². The lowest BCUT2D eigenvalue weighted by Gasteiger charge is -2.12. The first kappa shape index (κ1) is 21.1. The minimum absolute atomic E-state index is 0.0951. The second kappa shape index (κ2) is 8.95. The van der Waals surface area contributed by atoms with E-state index in [9.17, 15) is 9.59 Å². The largest absolute Gasteiger partial charge is 0.493 e. The van der Waals surface area contributed by atoms with Gasteiger partial charge in [-0.1, -0.05) is 30.0 Å². The topological polar surface area (TPSA) is 70.4 Å². The molecular weight excluding hydrogens is 432 g/mol. The van der Waals surface area contributed by atoms with Gasteiger partial charge in [-0.05, 0) is 43.3 Å². The summed E-state index contributed by atoms with van der Waals surface area (Å²) in [6, 6.07) is 16.3. The van der Waals surface area contributed by atoms with E-state index in [1.807, 2.05) is 43.3 Å². The molecule has 0 bridgehead atoms. The van der Waals surface area contributed by atoms with E-state index in [0.29, 0.717) is 38.1 Å². The third kappa shape index (κ3) is 4.22. The van der Waals surface area contributed by atoms with Crippen molar-refractivity contribution in [3.05, 3.63) is 75.4 Å². The quantitative estimate of drug-likeness (QED) is 0.229.